The van der Waals surface area contributed by atoms with Crippen molar-refractivity contribution in [3.63, 3.8) is 0 Å². The van der Waals surface area contributed by atoms with Gasteiger partial charge in [-0.05, 0) is 0 Å². The molecule has 8 heteroatoms. The van der Waals surface area contributed by atoms with Gasteiger partial charge in [0.25, 0.3) is 5.56 Å². The Morgan fingerprint density at radius 2 is 2.11 bits per heavy atom. The fourth-order valence-corrected chi connectivity index (χ4v) is 2.24. The molecule has 0 radical (unpaired) electrons. The van der Waals surface area contributed by atoms with Crippen molar-refractivity contribution in [2.24, 2.45) is 0 Å². The lowest BCUT2D eigenvalue weighted by molar-refractivity contribution is -0.236. The summed E-state index contributed by atoms with van der Waals surface area (Å²) in [7, 11) is 0. The van der Waals surface area contributed by atoms with E-state index in [2.05, 4.69) is 4.98 Å². The Kier molecular flexibility index (Phi) is 2.42. The van der Waals surface area contributed by atoms with Gasteiger partial charge in [0.2, 0.25) is 0 Å². The highest BCUT2D eigenvalue weighted by atomic mass is 16.6. The zero-order valence-electron chi connectivity index (χ0n) is 9.28. The van der Waals surface area contributed by atoms with Gasteiger partial charge in [-0.3, -0.25) is 14.3 Å². The van der Waals surface area contributed by atoms with E-state index >= 15 is 0 Å². The fraction of sp³-hybridized carbons (Fsp3) is 0.600. The lowest BCUT2D eigenvalue weighted by Crippen LogP contribution is -2.58. The molecule has 18 heavy (non-hydrogen) atoms. The molecule has 1 aromatic rings. The van der Waals surface area contributed by atoms with Crippen LogP contribution in [0, 0.1) is 0 Å². The van der Waals surface area contributed by atoms with Crippen LogP contribution < -0.4 is 11.2 Å². The minimum atomic E-state index is -1.25. The first-order chi connectivity index (χ1) is 8.53. The van der Waals surface area contributed by atoms with Gasteiger partial charge in [-0.2, -0.15) is 0 Å². The molecule has 0 saturated carbocycles. The Labute approximate surface area is 100 Å². The summed E-state index contributed by atoms with van der Waals surface area (Å²) in [5, 5.41) is 19.8. The molecule has 0 amide bonds. The van der Waals surface area contributed by atoms with Gasteiger partial charge in [-0.15, -0.1) is 0 Å². The summed E-state index contributed by atoms with van der Waals surface area (Å²) in [6.45, 7) is 0.333. The van der Waals surface area contributed by atoms with E-state index in [1.165, 1.54) is 6.20 Å². The molecule has 8 nitrogen and oxygen atoms in total. The van der Waals surface area contributed by atoms with Crippen LogP contribution in [0.4, 0.5) is 0 Å². The van der Waals surface area contributed by atoms with Crippen LogP contribution in [0.15, 0.2) is 21.9 Å². The molecular weight excluding hydrogens is 244 g/mol. The first-order valence-electron chi connectivity index (χ1n) is 5.47. The molecule has 0 bridgehead atoms. The summed E-state index contributed by atoms with van der Waals surface area (Å²) in [5.74, 6) is 0. The number of aromatic nitrogens is 2. The van der Waals surface area contributed by atoms with E-state index in [4.69, 9.17) is 9.47 Å². The third kappa shape index (κ3) is 1.47. The molecule has 0 aliphatic carbocycles. The van der Waals surface area contributed by atoms with Crippen molar-refractivity contribution in [2.75, 3.05) is 13.2 Å². The SMILES string of the molecule is O=c1ccn([C@@H]2OC3(COC3)[C@@H](O)[C@H]2O)c(=O)[nH]1. The van der Waals surface area contributed by atoms with Crippen LogP contribution in [-0.2, 0) is 9.47 Å². The third-order valence-corrected chi connectivity index (χ3v) is 3.33. The Morgan fingerprint density at radius 3 is 2.61 bits per heavy atom. The number of nitrogens with zero attached hydrogens (tertiary/aromatic N) is 1. The maximum atomic E-state index is 11.6. The number of hydrogen-bond donors (Lipinski definition) is 3. The second-order valence-electron chi connectivity index (χ2n) is 4.52. The fourth-order valence-electron chi connectivity index (χ4n) is 2.24. The van der Waals surface area contributed by atoms with Crippen molar-refractivity contribution >= 4 is 0 Å². The summed E-state index contributed by atoms with van der Waals surface area (Å²) in [6.07, 6.45) is -2.19. The quantitative estimate of drug-likeness (QED) is 0.514. The standard InChI is InChI=1S/C10H12N2O6/c13-5-1-2-12(9(16)11-5)8-6(14)7(15)10(18-8)3-17-4-10/h1-2,6-8,14-15H,3-4H2,(H,11,13,16)/t6-,7+,8-/m1/s1. The summed E-state index contributed by atoms with van der Waals surface area (Å²) in [4.78, 5) is 24.6. The predicted molar refractivity (Wildman–Crippen MR) is 57.0 cm³/mol. The topological polar surface area (TPSA) is 114 Å². The van der Waals surface area contributed by atoms with Gasteiger partial charge in [0.05, 0.1) is 13.2 Å². The predicted octanol–water partition coefficient (Wildman–Crippen LogP) is -2.44. The second kappa shape index (κ2) is 3.75. The molecule has 2 fully saturated rings. The molecular formula is C10H12N2O6. The summed E-state index contributed by atoms with van der Waals surface area (Å²) in [6, 6.07) is 1.14. The van der Waals surface area contributed by atoms with E-state index in [1.807, 2.05) is 0 Å². The highest BCUT2D eigenvalue weighted by molar-refractivity contribution is 5.05. The zero-order valence-corrected chi connectivity index (χ0v) is 9.28. The largest absolute Gasteiger partial charge is 0.387 e. The Balaban J connectivity index is 1.98. The number of rotatable bonds is 1. The zero-order chi connectivity index (χ0) is 12.9. The van der Waals surface area contributed by atoms with Crippen LogP contribution in [0.5, 0.6) is 0 Å². The Bertz CT molecular complexity index is 574. The summed E-state index contributed by atoms with van der Waals surface area (Å²) in [5.41, 5.74) is -2.19. The van der Waals surface area contributed by atoms with Crippen molar-refractivity contribution in [2.45, 2.75) is 24.0 Å². The molecule has 1 spiro atoms. The molecule has 3 N–H and O–H groups in total. The highest BCUT2D eigenvalue weighted by Crippen LogP contribution is 2.40. The van der Waals surface area contributed by atoms with Gasteiger partial charge in [-0.1, -0.05) is 0 Å². The summed E-state index contributed by atoms with van der Waals surface area (Å²) >= 11 is 0. The van der Waals surface area contributed by atoms with E-state index in [-0.39, 0.29) is 13.2 Å². The molecule has 0 unspecified atom stereocenters. The number of ether oxygens (including phenoxy) is 2. The van der Waals surface area contributed by atoms with E-state index in [1.54, 1.807) is 0 Å². The van der Waals surface area contributed by atoms with E-state index in [0.29, 0.717) is 0 Å². The number of H-pyrrole nitrogens is 1. The van der Waals surface area contributed by atoms with Crippen LogP contribution in [0.25, 0.3) is 0 Å². The molecule has 2 aliphatic rings. The van der Waals surface area contributed by atoms with Gasteiger partial charge in [0.15, 0.2) is 6.23 Å². The second-order valence-corrected chi connectivity index (χ2v) is 4.52. The average Bonchev–Trinajstić information content (AvgIpc) is 2.53. The van der Waals surface area contributed by atoms with Crippen molar-refractivity contribution in [1.82, 2.24) is 9.55 Å². The maximum Gasteiger partial charge on any atom is 0.330 e. The van der Waals surface area contributed by atoms with Crippen molar-refractivity contribution in [1.29, 1.82) is 0 Å². The maximum absolute atomic E-state index is 11.6. The normalized spacial score (nSPS) is 33.6. The van der Waals surface area contributed by atoms with E-state index in [0.717, 1.165) is 10.6 Å². The van der Waals surface area contributed by atoms with Crippen LogP contribution in [0.2, 0.25) is 0 Å². The van der Waals surface area contributed by atoms with Gasteiger partial charge in [-0.25, -0.2) is 4.79 Å². The van der Waals surface area contributed by atoms with Gasteiger partial charge in [0, 0.05) is 12.3 Å². The third-order valence-electron chi connectivity index (χ3n) is 3.33. The molecule has 1 aromatic heterocycles. The molecule has 3 atom stereocenters. The van der Waals surface area contributed by atoms with Gasteiger partial charge >= 0.3 is 5.69 Å². The lowest BCUT2D eigenvalue weighted by Gasteiger charge is -2.39. The monoisotopic (exact) mass is 256 g/mol. The molecule has 2 saturated heterocycles. The van der Waals surface area contributed by atoms with Crippen LogP contribution >= 0.6 is 0 Å². The minimum absolute atomic E-state index is 0.166. The van der Waals surface area contributed by atoms with E-state index < -0.39 is 35.3 Å². The van der Waals surface area contributed by atoms with Crippen molar-refractivity contribution in [3.05, 3.63) is 33.1 Å². The molecule has 3 heterocycles. The molecule has 2 aliphatic heterocycles. The number of nitrogens with one attached hydrogen (secondary N) is 1. The molecule has 98 valence electrons. The molecule has 3 rings (SSSR count). The van der Waals surface area contributed by atoms with Gasteiger partial charge < -0.3 is 19.7 Å². The van der Waals surface area contributed by atoms with Crippen LogP contribution in [0.1, 0.15) is 6.23 Å². The number of hydrogen-bond acceptors (Lipinski definition) is 6. The first-order valence-corrected chi connectivity index (χ1v) is 5.47. The number of aliphatic hydroxyl groups is 2. The molecule has 0 aromatic carbocycles. The Morgan fingerprint density at radius 1 is 1.39 bits per heavy atom. The first kappa shape index (κ1) is 11.6. The van der Waals surface area contributed by atoms with Crippen molar-refractivity contribution < 1.29 is 19.7 Å². The lowest BCUT2D eigenvalue weighted by atomic mass is 9.93. The smallest absolute Gasteiger partial charge is 0.330 e. The average molecular weight is 256 g/mol. The highest BCUT2D eigenvalue weighted by Gasteiger charge is 2.59. The van der Waals surface area contributed by atoms with Crippen LogP contribution in [0.3, 0.4) is 0 Å². The summed E-state index contributed by atoms with van der Waals surface area (Å²) < 4.78 is 11.5. The minimum Gasteiger partial charge on any atom is -0.387 e. The van der Waals surface area contributed by atoms with Crippen LogP contribution in [-0.4, -0.2) is 50.8 Å². The Hall–Kier alpha value is -1.48. The number of aliphatic hydroxyl groups excluding tert-OH is 2. The van der Waals surface area contributed by atoms with E-state index in [9.17, 15) is 19.8 Å². The number of aromatic amines is 1. The van der Waals surface area contributed by atoms with Gasteiger partial charge in [0.1, 0.15) is 17.8 Å². The van der Waals surface area contributed by atoms with Crippen molar-refractivity contribution in [3.8, 4) is 0 Å².